The van der Waals surface area contributed by atoms with Gasteiger partial charge in [-0.25, -0.2) is 4.79 Å². The second-order valence-corrected chi connectivity index (χ2v) is 6.13. The van der Waals surface area contributed by atoms with Crippen molar-refractivity contribution in [2.45, 2.75) is 32.7 Å². The highest BCUT2D eigenvalue weighted by molar-refractivity contribution is 5.89. The van der Waals surface area contributed by atoms with Crippen molar-refractivity contribution >= 4 is 11.9 Å². The van der Waals surface area contributed by atoms with Crippen molar-refractivity contribution < 1.29 is 19.1 Å². The Bertz CT molecular complexity index is 723. The lowest BCUT2D eigenvalue weighted by Gasteiger charge is -2.11. The summed E-state index contributed by atoms with van der Waals surface area (Å²) in [5.41, 5.74) is 2.63. The SMILES string of the molecule is CCC(C)c1ccc(OCC(=O)NCc2ccc(C(=O)OC)cc2)cc1. The predicted octanol–water partition coefficient (Wildman–Crippen LogP) is 3.68. The van der Waals surface area contributed by atoms with Gasteiger partial charge in [-0.3, -0.25) is 4.79 Å². The summed E-state index contributed by atoms with van der Waals surface area (Å²) < 4.78 is 10.2. The minimum absolute atomic E-state index is 0.0388. The number of carbonyl (C=O) groups is 2. The van der Waals surface area contributed by atoms with Crippen LogP contribution in [0, 0.1) is 0 Å². The van der Waals surface area contributed by atoms with Crippen molar-refractivity contribution in [2.75, 3.05) is 13.7 Å². The largest absolute Gasteiger partial charge is 0.484 e. The number of rotatable bonds is 8. The van der Waals surface area contributed by atoms with Gasteiger partial charge < -0.3 is 14.8 Å². The Morgan fingerprint density at radius 3 is 2.27 bits per heavy atom. The number of hydrogen-bond acceptors (Lipinski definition) is 4. The van der Waals surface area contributed by atoms with Crippen LogP contribution >= 0.6 is 0 Å². The molecule has 5 heteroatoms. The molecule has 0 saturated heterocycles. The second-order valence-electron chi connectivity index (χ2n) is 6.13. The van der Waals surface area contributed by atoms with E-state index < -0.39 is 0 Å². The molecule has 1 N–H and O–H groups in total. The lowest BCUT2D eigenvalue weighted by Crippen LogP contribution is -2.28. The van der Waals surface area contributed by atoms with Gasteiger partial charge in [-0.1, -0.05) is 38.1 Å². The molecule has 0 fully saturated rings. The normalized spacial score (nSPS) is 11.5. The molecule has 2 rings (SSSR count). The van der Waals surface area contributed by atoms with Crippen molar-refractivity contribution in [1.82, 2.24) is 5.32 Å². The third-order valence-corrected chi connectivity index (χ3v) is 4.30. The fourth-order valence-corrected chi connectivity index (χ4v) is 2.41. The van der Waals surface area contributed by atoms with Crippen LogP contribution in [-0.4, -0.2) is 25.6 Å². The van der Waals surface area contributed by atoms with Gasteiger partial charge in [0.05, 0.1) is 12.7 Å². The Kier molecular flexibility index (Phi) is 7.21. The Morgan fingerprint density at radius 2 is 1.69 bits per heavy atom. The Labute approximate surface area is 154 Å². The van der Waals surface area contributed by atoms with Gasteiger partial charge in [0.15, 0.2) is 6.61 Å². The first-order chi connectivity index (χ1) is 12.5. The lowest BCUT2D eigenvalue weighted by molar-refractivity contribution is -0.123. The third-order valence-electron chi connectivity index (χ3n) is 4.30. The quantitative estimate of drug-likeness (QED) is 0.734. The molecule has 2 aromatic rings. The maximum atomic E-state index is 11.9. The van der Waals surface area contributed by atoms with E-state index in [1.807, 2.05) is 24.3 Å². The molecule has 5 nitrogen and oxygen atoms in total. The van der Waals surface area contributed by atoms with Gasteiger partial charge in [0.25, 0.3) is 5.91 Å². The number of amides is 1. The molecular formula is C21H25NO4. The first-order valence-corrected chi connectivity index (χ1v) is 8.70. The summed E-state index contributed by atoms with van der Waals surface area (Å²) in [6.07, 6.45) is 1.09. The van der Waals surface area contributed by atoms with Gasteiger partial charge in [-0.15, -0.1) is 0 Å². The number of carbonyl (C=O) groups excluding carboxylic acids is 2. The zero-order valence-corrected chi connectivity index (χ0v) is 15.5. The van der Waals surface area contributed by atoms with E-state index in [9.17, 15) is 9.59 Å². The molecule has 0 aliphatic carbocycles. The molecule has 0 aliphatic heterocycles. The van der Waals surface area contributed by atoms with Crippen LogP contribution in [0.4, 0.5) is 0 Å². The van der Waals surface area contributed by atoms with Crippen LogP contribution in [0.2, 0.25) is 0 Å². The number of methoxy groups -OCH3 is 1. The average Bonchev–Trinajstić information content (AvgIpc) is 2.70. The monoisotopic (exact) mass is 355 g/mol. The van der Waals surface area contributed by atoms with Gasteiger partial charge in [0, 0.05) is 6.54 Å². The van der Waals surface area contributed by atoms with Crippen LogP contribution in [0.5, 0.6) is 5.75 Å². The smallest absolute Gasteiger partial charge is 0.337 e. The maximum Gasteiger partial charge on any atom is 0.337 e. The number of benzene rings is 2. The van der Waals surface area contributed by atoms with E-state index in [-0.39, 0.29) is 18.5 Å². The van der Waals surface area contributed by atoms with Crippen molar-refractivity contribution in [1.29, 1.82) is 0 Å². The minimum atomic E-state index is -0.381. The van der Waals surface area contributed by atoms with E-state index in [1.165, 1.54) is 12.7 Å². The summed E-state index contributed by atoms with van der Waals surface area (Å²) in [5, 5.41) is 2.79. The maximum absolute atomic E-state index is 11.9. The Morgan fingerprint density at radius 1 is 1.04 bits per heavy atom. The van der Waals surface area contributed by atoms with Crippen molar-refractivity contribution in [3.05, 3.63) is 65.2 Å². The molecular weight excluding hydrogens is 330 g/mol. The molecule has 1 amide bonds. The number of hydrogen-bond donors (Lipinski definition) is 1. The van der Waals surface area contributed by atoms with E-state index in [0.29, 0.717) is 23.8 Å². The molecule has 0 saturated carbocycles. The van der Waals surface area contributed by atoms with E-state index in [1.54, 1.807) is 24.3 Å². The van der Waals surface area contributed by atoms with Gasteiger partial charge in [-0.05, 0) is 47.7 Å². The first-order valence-electron chi connectivity index (χ1n) is 8.70. The highest BCUT2D eigenvalue weighted by Gasteiger charge is 2.07. The van der Waals surface area contributed by atoms with Gasteiger partial charge in [0.1, 0.15) is 5.75 Å². The molecule has 1 atom stereocenters. The van der Waals surface area contributed by atoms with E-state index >= 15 is 0 Å². The van der Waals surface area contributed by atoms with Crippen LogP contribution in [0.25, 0.3) is 0 Å². The molecule has 0 radical (unpaired) electrons. The zero-order valence-electron chi connectivity index (χ0n) is 15.5. The number of nitrogens with one attached hydrogen (secondary N) is 1. The minimum Gasteiger partial charge on any atom is -0.484 e. The Hall–Kier alpha value is -2.82. The highest BCUT2D eigenvalue weighted by atomic mass is 16.5. The van der Waals surface area contributed by atoms with E-state index in [2.05, 4.69) is 23.9 Å². The number of esters is 1. The molecule has 0 aromatic heterocycles. The predicted molar refractivity (Wildman–Crippen MR) is 100 cm³/mol. The topological polar surface area (TPSA) is 64.6 Å². The molecule has 138 valence electrons. The first kappa shape index (κ1) is 19.5. The van der Waals surface area contributed by atoms with Gasteiger partial charge in [-0.2, -0.15) is 0 Å². The van der Waals surface area contributed by atoms with Gasteiger partial charge >= 0.3 is 5.97 Å². The van der Waals surface area contributed by atoms with Crippen LogP contribution in [0.3, 0.4) is 0 Å². The average molecular weight is 355 g/mol. The summed E-state index contributed by atoms with van der Waals surface area (Å²) in [5.74, 6) is 0.605. The lowest BCUT2D eigenvalue weighted by atomic mass is 9.99. The summed E-state index contributed by atoms with van der Waals surface area (Å²) in [6.45, 7) is 4.67. The van der Waals surface area contributed by atoms with Crippen LogP contribution in [-0.2, 0) is 16.1 Å². The zero-order chi connectivity index (χ0) is 18.9. The summed E-state index contributed by atoms with van der Waals surface area (Å²) in [7, 11) is 1.34. The molecule has 0 aliphatic rings. The van der Waals surface area contributed by atoms with Gasteiger partial charge in [0.2, 0.25) is 0 Å². The molecule has 1 unspecified atom stereocenters. The number of ether oxygens (including phenoxy) is 2. The van der Waals surface area contributed by atoms with Crippen molar-refractivity contribution in [2.24, 2.45) is 0 Å². The summed E-state index contributed by atoms with van der Waals surface area (Å²) in [4.78, 5) is 23.3. The molecule has 2 aromatic carbocycles. The molecule has 0 heterocycles. The highest BCUT2D eigenvalue weighted by Crippen LogP contribution is 2.21. The summed E-state index contributed by atoms with van der Waals surface area (Å²) in [6, 6.07) is 14.7. The molecule has 0 bridgehead atoms. The van der Waals surface area contributed by atoms with Crippen molar-refractivity contribution in [3.63, 3.8) is 0 Å². The molecule has 26 heavy (non-hydrogen) atoms. The van der Waals surface area contributed by atoms with Crippen LogP contribution in [0.1, 0.15) is 47.7 Å². The van der Waals surface area contributed by atoms with E-state index in [0.717, 1.165) is 12.0 Å². The fraction of sp³-hybridized carbons (Fsp3) is 0.333. The van der Waals surface area contributed by atoms with Crippen LogP contribution in [0.15, 0.2) is 48.5 Å². The summed E-state index contributed by atoms with van der Waals surface area (Å²) >= 11 is 0. The molecule has 0 spiro atoms. The second kappa shape index (κ2) is 9.61. The third kappa shape index (κ3) is 5.62. The van der Waals surface area contributed by atoms with Crippen LogP contribution < -0.4 is 10.1 Å². The Balaban J connectivity index is 1.77. The van der Waals surface area contributed by atoms with E-state index in [4.69, 9.17) is 4.74 Å². The standard InChI is InChI=1S/C21H25NO4/c1-4-15(2)17-9-11-19(12-10-17)26-14-20(23)22-13-16-5-7-18(8-6-16)21(24)25-3/h5-12,15H,4,13-14H2,1-3H3,(H,22,23). The fourth-order valence-electron chi connectivity index (χ4n) is 2.41. The van der Waals surface area contributed by atoms with Crippen molar-refractivity contribution in [3.8, 4) is 5.75 Å².